The number of halogens is 3. The lowest BCUT2D eigenvalue weighted by molar-refractivity contribution is -0.134. The highest BCUT2D eigenvalue weighted by Crippen LogP contribution is 2.21. The molecule has 0 aliphatic rings. The van der Waals surface area contributed by atoms with Crippen LogP contribution in [0.5, 0.6) is 0 Å². The van der Waals surface area contributed by atoms with Crippen molar-refractivity contribution in [3.8, 4) is 0 Å². The largest absolute Gasteiger partial charge is 0.481 e. The maximum Gasteiger partial charge on any atom is 0.396 e. The van der Waals surface area contributed by atoms with Gasteiger partial charge in [0, 0.05) is 0 Å². The number of hydrogen-bond donors (Lipinski definition) is 2. The zero-order valence-corrected chi connectivity index (χ0v) is 8.55. The fourth-order valence-corrected chi connectivity index (χ4v) is 1.43. The number of alkyl halides is 3. The SMILES string of the molecule is Nn1c(CC(F)(F)F)nnc1SCC(=O)O. The van der Waals surface area contributed by atoms with Gasteiger partial charge < -0.3 is 10.9 Å². The maximum atomic E-state index is 12.0. The molecule has 1 heterocycles. The van der Waals surface area contributed by atoms with E-state index in [9.17, 15) is 18.0 Å². The first-order chi connectivity index (χ1) is 7.29. The standard InChI is InChI=1S/C6H7F3N4O2S/c7-6(8,9)1-3-11-12-5(13(3)10)16-2-4(14)15/h1-2,10H2,(H,14,15). The van der Waals surface area contributed by atoms with E-state index in [0.29, 0.717) is 16.4 Å². The molecule has 0 amide bonds. The molecule has 3 N–H and O–H groups in total. The summed E-state index contributed by atoms with van der Waals surface area (Å²) in [5, 5.41) is 14.9. The highest BCUT2D eigenvalue weighted by atomic mass is 32.2. The third-order valence-corrected chi connectivity index (χ3v) is 2.35. The molecular formula is C6H7F3N4O2S. The average Bonchev–Trinajstić information content (AvgIpc) is 2.43. The topological polar surface area (TPSA) is 94.0 Å². The number of nitrogens with two attached hydrogens (primary N) is 1. The van der Waals surface area contributed by atoms with Crippen molar-refractivity contribution in [1.82, 2.24) is 14.9 Å². The van der Waals surface area contributed by atoms with Crippen LogP contribution in [-0.2, 0) is 11.2 Å². The van der Waals surface area contributed by atoms with Crippen molar-refractivity contribution in [2.75, 3.05) is 11.6 Å². The van der Waals surface area contributed by atoms with Crippen LogP contribution >= 0.6 is 11.8 Å². The molecule has 1 aromatic rings. The normalized spacial score (nSPS) is 11.7. The molecular weight excluding hydrogens is 249 g/mol. The van der Waals surface area contributed by atoms with Crippen LogP contribution in [0.15, 0.2) is 5.16 Å². The van der Waals surface area contributed by atoms with E-state index in [0.717, 1.165) is 0 Å². The van der Waals surface area contributed by atoms with E-state index in [1.807, 2.05) is 0 Å². The second kappa shape index (κ2) is 4.60. The van der Waals surface area contributed by atoms with Crippen molar-refractivity contribution in [1.29, 1.82) is 0 Å². The molecule has 0 fully saturated rings. The summed E-state index contributed by atoms with van der Waals surface area (Å²) in [4.78, 5) is 10.2. The Kier molecular flexibility index (Phi) is 3.62. The van der Waals surface area contributed by atoms with Gasteiger partial charge in [-0.1, -0.05) is 11.8 Å². The molecule has 1 aromatic heterocycles. The quantitative estimate of drug-likeness (QED) is 0.593. The first-order valence-corrected chi connectivity index (χ1v) is 4.89. The Bertz CT molecular complexity index is 392. The van der Waals surface area contributed by atoms with Gasteiger partial charge in [-0.25, -0.2) is 4.68 Å². The Morgan fingerprint density at radius 2 is 2.12 bits per heavy atom. The predicted molar refractivity (Wildman–Crippen MR) is 48.3 cm³/mol. The minimum Gasteiger partial charge on any atom is -0.481 e. The molecule has 0 saturated heterocycles. The number of carboxylic acids is 1. The summed E-state index contributed by atoms with van der Waals surface area (Å²) >= 11 is 0.699. The van der Waals surface area contributed by atoms with Crippen LogP contribution < -0.4 is 5.84 Å². The van der Waals surface area contributed by atoms with Gasteiger partial charge in [0.25, 0.3) is 0 Å². The number of carbonyl (C=O) groups is 1. The van der Waals surface area contributed by atoms with Crippen molar-refractivity contribution >= 4 is 17.7 Å². The minimum absolute atomic E-state index is 0.0679. The molecule has 0 unspecified atom stereocenters. The molecule has 16 heavy (non-hydrogen) atoms. The van der Waals surface area contributed by atoms with Gasteiger partial charge in [0.05, 0.1) is 5.75 Å². The Balaban J connectivity index is 2.72. The fourth-order valence-electron chi connectivity index (χ4n) is 0.832. The van der Waals surface area contributed by atoms with E-state index in [4.69, 9.17) is 10.9 Å². The summed E-state index contributed by atoms with van der Waals surface area (Å²) < 4.78 is 36.7. The minimum atomic E-state index is -4.43. The molecule has 0 spiro atoms. The second-order valence-electron chi connectivity index (χ2n) is 2.74. The second-order valence-corrected chi connectivity index (χ2v) is 3.69. The molecule has 0 saturated carbocycles. The van der Waals surface area contributed by atoms with Gasteiger partial charge in [-0.3, -0.25) is 4.79 Å². The molecule has 0 bridgehead atoms. The number of hydrogen-bond acceptors (Lipinski definition) is 5. The van der Waals surface area contributed by atoms with E-state index in [-0.39, 0.29) is 10.9 Å². The van der Waals surface area contributed by atoms with Gasteiger partial charge in [-0.05, 0) is 0 Å². The monoisotopic (exact) mass is 256 g/mol. The summed E-state index contributed by atoms with van der Waals surface area (Å²) in [6.45, 7) is 0. The number of thioether (sulfide) groups is 1. The van der Waals surface area contributed by atoms with Crippen molar-refractivity contribution in [3.63, 3.8) is 0 Å². The molecule has 6 nitrogen and oxygen atoms in total. The molecule has 0 aliphatic carbocycles. The number of rotatable bonds is 4. The Morgan fingerprint density at radius 1 is 1.50 bits per heavy atom. The number of aromatic nitrogens is 3. The molecule has 0 aromatic carbocycles. The van der Waals surface area contributed by atoms with E-state index >= 15 is 0 Å². The van der Waals surface area contributed by atoms with Gasteiger partial charge in [0.1, 0.15) is 6.42 Å². The Morgan fingerprint density at radius 3 is 2.62 bits per heavy atom. The number of carboxylic acid groups (broad SMARTS) is 1. The van der Waals surface area contributed by atoms with Gasteiger partial charge in [0.15, 0.2) is 5.82 Å². The highest BCUT2D eigenvalue weighted by Gasteiger charge is 2.31. The van der Waals surface area contributed by atoms with E-state index in [2.05, 4.69) is 10.2 Å². The van der Waals surface area contributed by atoms with E-state index < -0.39 is 24.4 Å². The molecule has 0 atom stereocenters. The lowest BCUT2D eigenvalue weighted by atomic mass is 10.4. The van der Waals surface area contributed by atoms with Crippen LogP contribution in [0, 0.1) is 0 Å². The molecule has 1 rings (SSSR count). The van der Waals surface area contributed by atoms with Crippen LogP contribution in [0.1, 0.15) is 5.82 Å². The maximum absolute atomic E-state index is 12.0. The van der Waals surface area contributed by atoms with Gasteiger partial charge >= 0.3 is 12.1 Å². The first kappa shape index (κ1) is 12.6. The van der Waals surface area contributed by atoms with Gasteiger partial charge in [-0.15, -0.1) is 10.2 Å². The van der Waals surface area contributed by atoms with Crippen LogP contribution in [0.3, 0.4) is 0 Å². The zero-order valence-electron chi connectivity index (χ0n) is 7.73. The summed E-state index contributed by atoms with van der Waals surface area (Å²) in [5.74, 6) is 3.35. The van der Waals surface area contributed by atoms with Crippen LogP contribution in [0.25, 0.3) is 0 Å². The smallest absolute Gasteiger partial charge is 0.396 e. The van der Waals surface area contributed by atoms with Crippen molar-refractivity contribution in [2.24, 2.45) is 0 Å². The third-order valence-electron chi connectivity index (χ3n) is 1.42. The van der Waals surface area contributed by atoms with E-state index in [1.165, 1.54) is 0 Å². The number of nitrogens with zero attached hydrogens (tertiary/aromatic N) is 3. The van der Waals surface area contributed by atoms with Gasteiger partial charge in [0.2, 0.25) is 5.16 Å². The summed E-state index contributed by atoms with van der Waals surface area (Å²) in [7, 11) is 0. The van der Waals surface area contributed by atoms with Crippen LogP contribution in [-0.4, -0.2) is 37.9 Å². The van der Waals surface area contributed by atoms with E-state index in [1.54, 1.807) is 0 Å². The summed E-state index contributed by atoms with van der Waals surface area (Å²) in [6, 6.07) is 0. The predicted octanol–water partition coefficient (Wildman–Crippen LogP) is 0.273. The van der Waals surface area contributed by atoms with Gasteiger partial charge in [-0.2, -0.15) is 13.2 Å². The van der Waals surface area contributed by atoms with Crippen LogP contribution in [0.2, 0.25) is 0 Å². The lowest BCUT2D eigenvalue weighted by Crippen LogP contribution is -2.21. The van der Waals surface area contributed by atoms with Crippen molar-refractivity contribution in [3.05, 3.63) is 5.82 Å². The molecule has 0 radical (unpaired) electrons. The first-order valence-electron chi connectivity index (χ1n) is 3.90. The number of aliphatic carboxylic acids is 1. The fraction of sp³-hybridized carbons (Fsp3) is 0.500. The van der Waals surface area contributed by atoms with Crippen molar-refractivity contribution < 1.29 is 23.1 Å². The summed E-state index contributed by atoms with van der Waals surface area (Å²) in [5.41, 5.74) is 0. The molecule has 10 heteroatoms. The van der Waals surface area contributed by atoms with Crippen molar-refractivity contribution in [2.45, 2.75) is 17.8 Å². The number of nitrogen functional groups attached to an aromatic ring is 1. The lowest BCUT2D eigenvalue weighted by Gasteiger charge is -2.05. The Hall–Kier alpha value is -1.45. The molecule has 0 aliphatic heterocycles. The highest BCUT2D eigenvalue weighted by molar-refractivity contribution is 7.99. The average molecular weight is 256 g/mol. The zero-order chi connectivity index (χ0) is 12.3. The third kappa shape index (κ3) is 3.61. The Labute approximate surface area is 91.6 Å². The molecule has 90 valence electrons. The summed E-state index contributed by atoms with van der Waals surface area (Å²) in [6.07, 6.45) is -5.73. The van der Waals surface area contributed by atoms with Crippen LogP contribution in [0.4, 0.5) is 13.2 Å².